The van der Waals surface area contributed by atoms with E-state index in [1.807, 2.05) is 23.9 Å². The van der Waals surface area contributed by atoms with Crippen molar-refractivity contribution in [3.05, 3.63) is 29.8 Å². The molecular formula is C17H27N3OS. The van der Waals surface area contributed by atoms with Crippen molar-refractivity contribution in [3.8, 4) is 5.75 Å². The second-order valence-corrected chi connectivity index (χ2v) is 6.75. The fraction of sp³-hybridized carbons (Fsp3) is 0.588. The number of benzene rings is 1. The molecule has 1 aromatic carbocycles. The molecule has 2 rings (SSSR count). The van der Waals surface area contributed by atoms with Gasteiger partial charge >= 0.3 is 0 Å². The number of nitrogens with one attached hydrogen (secondary N) is 2. The van der Waals surface area contributed by atoms with E-state index < -0.39 is 0 Å². The van der Waals surface area contributed by atoms with Gasteiger partial charge in [-0.3, -0.25) is 4.99 Å². The number of methoxy groups -OCH3 is 1. The fourth-order valence-electron chi connectivity index (χ4n) is 2.55. The van der Waals surface area contributed by atoms with Crippen LogP contribution in [0, 0.1) is 0 Å². The van der Waals surface area contributed by atoms with Gasteiger partial charge in [-0.05, 0) is 43.6 Å². The first kappa shape index (κ1) is 17.0. The lowest BCUT2D eigenvalue weighted by Gasteiger charge is -2.13. The molecule has 1 fully saturated rings. The number of rotatable bonds is 7. The van der Waals surface area contributed by atoms with Crippen molar-refractivity contribution in [2.75, 3.05) is 32.5 Å². The molecule has 4 nitrogen and oxygen atoms in total. The number of hydrogen-bond acceptors (Lipinski definition) is 3. The van der Waals surface area contributed by atoms with Gasteiger partial charge in [0.2, 0.25) is 0 Å². The van der Waals surface area contributed by atoms with E-state index in [1.165, 1.54) is 24.2 Å². The molecule has 0 amide bonds. The van der Waals surface area contributed by atoms with Gasteiger partial charge in [-0.1, -0.05) is 18.2 Å². The summed E-state index contributed by atoms with van der Waals surface area (Å²) >= 11 is 2.05. The zero-order chi connectivity index (χ0) is 15.6. The standard InChI is InChI=1S/C17H27N3OS/c1-3-18-17(20-13-15-8-6-12-22-15)19-11-10-14-7-4-5-9-16(14)21-2/h4-5,7,9,15H,3,6,8,10-13H2,1-2H3,(H2,18,19,20). The van der Waals surface area contributed by atoms with Crippen molar-refractivity contribution < 1.29 is 4.74 Å². The van der Waals surface area contributed by atoms with Crippen LogP contribution in [0.5, 0.6) is 5.75 Å². The molecule has 22 heavy (non-hydrogen) atoms. The van der Waals surface area contributed by atoms with Crippen molar-refractivity contribution in [1.29, 1.82) is 0 Å². The Morgan fingerprint density at radius 1 is 1.36 bits per heavy atom. The third-order valence-electron chi connectivity index (χ3n) is 3.70. The Morgan fingerprint density at radius 3 is 2.95 bits per heavy atom. The molecule has 1 aliphatic heterocycles. The molecule has 0 aliphatic carbocycles. The van der Waals surface area contributed by atoms with Gasteiger partial charge in [-0.25, -0.2) is 0 Å². The van der Waals surface area contributed by atoms with Crippen LogP contribution in [0.4, 0.5) is 0 Å². The summed E-state index contributed by atoms with van der Waals surface area (Å²) in [6.45, 7) is 4.75. The van der Waals surface area contributed by atoms with Crippen molar-refractivity contribution in [2.24, 2.45) is 4.99 Å². The third kappa shape index (κ3) is 5.44. The maximum Gasteiger partial charge on any atom is 0.191 e. The largest absolute Gasteiger partial charge is 0.496 e. The molecule has 0 aromatic heterocycles. The van der Waals surface area contributed by atoms with Crippen LogP contribution in [0.1, 0.15) is 25.3 Å². The number of aliphatic imine (C=N–C) groups is 1. The molecule has 1 heterocycles. The normalized spacial score (nSPS) is 18.3. The van der Waals surface area contributed by atoms with Crippen molar-refractivity contribution in [1.82, 2.24) is 10.6 Å². The first-order valence-electron chi connectivity index (χ1n) is 8.09. The lowest BCUT2D eigenvalue weighted by Crippen LogP contribution is -2.38. The van der Waals surface area contributed by atoms with E-state index in [4.69, 9.17) is 9.73 Å². The number of ether oxygens (including phenoxy) is 1. The summed E-state index contributed by atoms with van der Waals surface area (Å²) in [4.78, 5) is 4.71. The van der Waals surface area contributed by atoms with E-state index in [-0.39, 0.29) is 0 Å². The van der Waals surface area contributed by atoms with Crippen LogP contribution in [0.2, 0.25) is 0 Å². The zero-order valence-electron chi connectivity index (χ0n) is 13.6. The molecule has 1 aliphatic rings. The molecule has 1 saturated heterocycles. The number of nitrogens with zero attached hydrogens (tertiary/aromatic N) is 1. The molecule has 2 N–H and O–H groups in total. The van der Waals surface area contributed by atoms with Gasteiger partial charge in [0, 0.05) is 18.3 Å². The summed E-state index contributed by atoms with van der Waals surface area (Å²) in [6.07, 6.45) is 3.56. The van der Waals surface area contributed by atoms with E-state index in [9.17, 15) is 0 Å². The average Bonchev–Trinajstić information content (AvgIpc) is 3.06. The quantitative estimate of drug-likeness (QED) is 0.599. The van der Waals surface area contributed by atoms with E-state index in [0.29, 0.717) is 5.25 Å². The van der Waals surface area contributed by atoms with Gasteiger partial charge in [0.15, 0.2) is 5.96 Å². The molecule has 0 bridgehead atoms. The van der Waals surface area contributed by atoms with Gasteiger partial charge in [0.25, 0.3) is 0 Å². The highest BCUT2D eigenvalue weighted by Crippen LogP contribution is 2.26. The fourth-order valence-corrected chi connectivity index (χ4v) is 3.73. The maximum absolute atomic E-state index is 5.39. The van der Waals surface area contributed by atoms with Gasteiger partial charge in [-0.15, -0.1) is 0 Å². The van der Waals surface area contributed by atoms with Gasteiger partial charge in [0.05, 0.1) is 13.7 Å². The lowest BCUT2D eigenvalue weighted by molar-refractivity contribution is 0.409. The first-order chi connectivity index (χ1) is 10.8. The molecule has 0 radical (unpaired) electrons. The van der Waals surface area contributed by atoms with Gasteiger partial charge < -0.3 is 15.4 Å². The van der Waals surface area contributed by atoms with Crippen LogP contribution in [0.25, 0.3) is 0 Å². The Kier molecular flexibility index (Phi) is 7.43. The molecule has 1 atom stereocenters. The van der Waals surface area contributed by atoms with Crippen LogP contribution in [-0.2, 0) is 6.42 Å². The summed E-state index contributed by atoms with van der Waals surface area (Å²) < 4.78 is 5.39. The predicted octanol–water partition coefficient (Wildman–Crippen LogP) is 2.69. The van der Waals surface area contributed by atoms with E-state index in [2.05, 4.69) is 29.7 Å². The van der Waals surface area contributed by atoms with Crippen molar-refractivity contribution in [2.45, 2.75) is 31.4 Å². The molecule has 5 heteroatoms. The van der Waals surface area contributed by atoms with Crippen LogP contribution >= 0.6 is 11.8 Å². The maximum atomic E-state index is 5.39. The van der Waals surface area contributed by atoms with Gasteiger partial charge in [-0.2, -0.15) is 11.8 Å². The minimum atomic E-state index is 0.699. The van der Waals surface area contributed by atoms with E-state index in [1.54, 1.807) is 7.11 Å². The topological polar surface area (TPSA) is 45.7 Å². The first-order valence-corrected chi connectivity index (χ1v) is 9.14. The Morgan fingerprint density at radius 2 is 2.23 bits per heavy atom. The second kappa shape index (κ2) is 9.62. The second-order valence-electron chi connectivity index (χ2n) is 5.34. The molecule has 0 saturated carbocycles. The van der Waals surface area contributed by atoms with E-state index in [0.717, 1.165) is 37.8 Å². The van der Waals surface area contributed by atoms with Crippen molar-refractivity contribution in [3.63, 3.8) is 0 Å². The molecule has 1 aromatic rings. The number of thioether (sulfide) groups is 1. The van der Waals surface area contributed by atoms with Crippen LogP contribution < -0.4 is 15.4 Å². The molecule has 0 spiro atoms. The summed E-state index contributed by atoms with van der Waals surface area (Å²) in [7, 11) is 1.72. The Labute approximate surface area is 138 Å². The molecule has 122 valence electrons. The smallest absolute Gasteiger partial charge is 0.191 e. The van der Waals surface area contributed by atoms with E-state index >= 15 is 0 Å². The Bertz CT molecular complexity index is 473. The third-order valence-corrected chi connectivity index (χ3v) is 5.08. The SMILES string of the molecule is CCNC(=NCC1CCCS1)NCCc1ccccc1OC. The average molecular weight is 321 g/mol. The highest BCUT2D eigenvalue weighted by Gasteiger charge is 2.14. The monoisotopic (exact) mass is 321 g/mol. The highest BCUT2D eigenvalue weighted by atomic mass is 32.2. The summed E-state index contributed by atoms with van der Waals surface area (Å²) in [6, 6.07) is 8.17. The van der Waals surface area contributed by atoms with Gasteiger partial charge in [0.1, 0.15) is 5.75 Å². The van der Waals surface area contributed by atoms with Crippen LogP contribution in [0.15, 0.2) is 29.3 Å². The number of guanidine groups is 1. The molecule has 1 unspecified atom stereocenters. The Hall–Kier alpha value is -1.36. The summed E-state index contributed by atoms with van der Waals surface area (Å²) in [5, 5.41) is 7.44. The summed E-state index contributed by atoms with van der Waals surface area (Å²) in [5.74, 6) is 3.16. The lowest BCUT2D eigenvalue weighted by atomic mass is 10.1. The minimum absolute atomic E-state index is 0.699. The number of para-hydroxylation sites is 1. The summed E-state index contributed by atoms with van der Waals surface area (Å²) in [5.41, 5.74) is 1.22. The van der Waals surface area contributed by atoms with Crippen LogP contribution in [0.3, 0.4) is 0 Å². The zero-order valence-corrected chi connectivity index (χ0v) is 14.4. The Balaban J connectivity index is 1.81. The molecular weight excluding hydrogens is 294 g/mol. The highest BCUT2D eigenvalue weighted by molar-refractivity contribution is 8.00. The predicted molar refractivity (Wildman–Crippen MR) is 96.2 cm³/mol. The van der Waals surface area contributed by atoms with Crippen molar-refractivity contribution >= 4 is 17.7 Å². The minimum Gasteiger partial charge on any atom is -0.496 e. The number of hydrogen-bond donors (Lipinski definition) is 2. The van der Waals surface area contributed by atoms with Crippen LogP contribution in [-0.4, -0.2) is 43.7 Å².